The van der Waals surface area contributed by atoms with Crippen molar-refractivity contribution in [3.63, 3.8) is 0 Å². The number of aromatic hydroxyl groups is 1. The Morgan fingerprint density at radius 3 is 2.30 bits per heavy atom. The van der Waals surface area contributed by atoms with Crippen LogP contribution in [0, 0.1) is 10.1 Å². The van der Waals surface area contributed by atoms with Crippen molar-refractivity contribution in [2.75, 3.05) is 34.2 Å². The lowest BCUT2D eigenvalue weighted by molar-refractivity contribution is -0.384. The standard InChI is InChI=1S/C26H27N5O5S/c1-29(2)15-16-30(3)37(35,36)21-12-9-19(10-13-21)27-25(18-7-5-4-6-8-18)24-22-17-20(31(33)34)11-14-23(22)28-26(24)32/h4-14,17,28,32H,15-16H2,1-3H3. The van der Waals surface area contributed by atoms with Crippen LogP contribution in [0.15, 0.2) is 82.7 Å². The lowest BCUT2D eigenvalue weighted by Crippen LogP contribution is -2.33. The molecule has 0 aliphatic heterocycles. The summed E-state index contributed by atoms with van der Waals surface area (Å²) in [6.45, 7) is 0.935. The highest BCUT2D eigenvalue weighted by molar-refractivity contribution is 7.89. The van der Waals surface area contributed by atoms with Crippen molar-refractivity contribution < 1.29 is 18.4 Å². The van der Waals surface area contributed by atoms with Crippen LogP contribution in [0.25, 0.3) is 10.9 Å². The first-order chi connectivity index (χ1) is 17.6. The van der Waals surface area contributed by atoms with Gasteiger partial charge in [-0.25, -0.2) is 13.4 Å². The minimum Gasteiger partial charge on any atom is -0.494 e. The Hall–Kier alpha value is -4.06. The number of hydrogen-bond donors (Lipinski definition) is 2. The molecule has 0 fully saturated rings. The second-order valence-corrected chi connectivity index (χ2v) is 10.8. The van der Waals surface area contributed by atoms with Crippen molar-refractivity contribution in [2.24, 2.45) is 4.99 Å². The summed E-state index contributed by atoms with van der Waals surface area (Å²) >= 11 is 0. The van der Waals surface area contributed by atoms with Crippen LogP contribution in [0.2, 0.25) is 0 Å². The van der Waals surface area contributed by atoms with E-state index in [9.17, 15) is 23.6 Å². The molecule has 4 rings (SSSR count). The van der Waals surface area contributed by atoms with E-state index >= 15 is 0 Å². The normalized spacial score (nSPS) is 12.5. The molecule has 0 saturated carbocycles. The molecular weight excluding hydrogens is 494 g/mol. The number of nitro groups is 1. The monoisotopic (exact) mass is 521 g/mol. The van der Waals surface area contributed by atoms with Crippen LogP contribution in [0.5, 0.6) is 5.88 Å². The number of nitro benzene ring substituents is 1. The van der Waals surface area contributed by atoms with Gasteiger partial charge in [0.15, 0.2) is 5.88 Å². The van der Waals surface area contributed by atoms with Gasteiger partial charge in [0.2, 0.25) is 10.0 Å². The summed E-state index contributed by atoms with van der Waals surface area (Å²) in [6, 6.07) is 19.5. The van der Waals surface area contributed by atoms with Crippen molar-refractivity contribution in [1.82, 2.24) is 14.2 Å². The first-order valence-electron chi connectivity index (χ1n) is 11.4. The maximum atomic E-state index is 12.9. The van der Waals surface area contributed by atoms with E-state index in [-0.39, 0.29) is 16.5 Å². The number of nitrogens with one attached hydrogen (secondary N) is 1. The molecule has 0 spiro atoms. The van der Waals surface area contributed by atoms with E-state index in [1.165, 1.54) is 41.7 Å². The molecule has 0 saturated heterocycles. The van der Waals surface area contributed by atoms with E-state index in [2.05, 4.69) is 4.98 Å². The van der Waals surface area contributed by atoms with Gasteiger partial charge in [-0.1, -0.05) is 30.3 Å². The summed E-state index contributed by atoms with van der Waals surface area (Å²) in [7, 11) is 1.62. The Labute approximate surface area is 214 Å². The maximum absolute atomic E-state index is 12.9. The third kappa shape index (κ3) is 5.53. The highest BCUT2D eigenvalue weighted by Crippen LogP contribution is 2.33. The molecule has 0 aliphatic carbocycles. The van der Waals surface area contributed by atoms with Gasteiger partial charge in [-0.2, -0.15) is 4.31 Å². The van der Waals surface area contributed by atoms with Gasteiger partial charge in [0.05, 0.1) is 26.8 Å². The van der Waals surface area contributed by atoms with Crippen molar-refractivity contribution in [1.29, 1.82) is 0 Å². The lowest BCUT2D eigenvalue weighted by Gasteiger charge is -2.19. The molecule has 11 heteroatoms. The summed E-state index contributed by atoms with van der Waals surface area (Å²) < 4.78 is 27.2. The van der Waals surface area contributed by atoms with Crippen LogP contribution in [-0.2, 0) is 10.0 Å². The first-order valence-corrected chi connectivity index (χ1v) is 12.9. The molecule has 0 radical (unpaired) electrons. The number of aliphatic imine (C=N–C) groups is 1. The lowest BCUT2D eigenvalue weighted by atomic mass is 10.0. The molecule has 0 unspecified atom stereocenters. The van der Waals surface area contributed by atoms with Crippen molar-refractivity contribution in [2.45, 2.75) is 4.90 Å². The number of sulfonamides is 1. The second-order valence-electron chi connectivity index (χ2n) is 8.79. The number of nitrogens with zero attached hydrogens (tertiary/aromatic N) is 4. The Bertz CT molecular complexity index is 1560. The number of fused-ring (bicyclic) bond motifs is 1. The van der Waals surface area contributed by atoms with Gasteiger partial charge in [-0.3, -0.25) is 10.1 Å². The third-order valence-corrected chi connectivity index (χ3v) is 7.78. The topological polar surface area (TPSA) is 132 Å². The van der Waals surface area contributed by atoms with Crippen molar-refractivity contribution in [3.8, 4) is 5.88 Å². The van der Waals surface area contributed by atoms with E-state index in [1.807, 2.05) is 49.3 Å². The van der Waals surface area contributed by atoms with Crippen molar-refractivity contribution in [3.05, 3.63) is 94.0 Å². The fraction of sp³-hybridized carbons (Fsp3) is 0.192. The van der Waals surface area contributed by atoms with Crippen LogP contribution in [0.3, 0.4) is 0 Å². The fourth-order valence-corrected chi connectivity index (χ4v) is 5.00. The number of aromatic nitrogens is 1. The molecule has 4 aromatic rings. The average Bonchev–Trinajstić information content (AvgIpc) is 3.21. The average molecular weight is 522 g/mol. The number of likely N-dealkylation sites (N-methyl/N-ethyl adjacent to an activating group) is 2. The van der Waals surface area contributed by atoms with Crippen LogP contribution in [-0.4, -0.2) is 72.6 Å². The quantitative estimate of drug-likeness (QED) is 0.193. The Balaban J connectivity index is 1.79. The van der Waals surface area contributed by atoms with Gasteiger partial charge in [-0.05, 0) is 44.4 Å². The minimum atomic E-state index is -3.67. The minimum absolute atomic E-state index is 0.117. The Kier molecular flexibility index (Phi) is 7.39. The zero-order chi connectivity index (χ0) is 26.7. The summed E-state index contributed by atoms with van der Waals surface area (Å²) in [5.41, 5.74) is 2.21. The zero-order valence-electron chi connectivity index (χ0n) is 20.6. The zero-order valence-corrected chi connectivity index (χ0v) is 21.4. The molecule has 0 bridgehead atoms. The fourth-order valence-electron chi connectivity index (χ4n) is 3.84. The first kappa shape index (κ1) is 26.0. The van der Waals surface area contributed by atoms with Gasteiger partial charge in [0, 0.05) is 48.7 Å². The molecule has 0 atom stereocenters. The SMILES string of the molecule is CN(C)CCN(C)S(=O)(=O)c1ccc(N=C(c2ccccc2)c2c(O)[nH]c3ccc([N+](=O)[O-])cc23)cc1. The third-order valence-electron chi connectivity index (χ3n) is 5.91. The molecular formula is C26H27N5O5S. The predicted molar refractivity (Wildman–Crippen MR) is 143 cm³/mol. The Morgan fingerprint density at radius 2 is 1.68 bits per heavy atom. The van der Waals surface area contributed by atoms with Gasteiger partial charge >= 0.3 is 0 Å². The number of hydrogen-bond acceptors (Lipinski definition) is 7. The van der Waals surface area contributed by atoms with Crippen molar-refractivity contribution >= 4 is 38.0 Å². The molecule has 1 aromatic heterocycles. The van der Waals surface area contributed by atoms with E-state index in [1.54, 1.807) is 12.1 Å². The van der Waals surface area contributed by atoms with E-state index in [0.29, 0.717) is 46.5 Å². The number of rotatable bonds is 9. The van der Waals surface area contributed by atoms with E-state index in [0.717, 1.165) is 0 Å². The van der Waals surface area contributed by atoms with E-state index in [4.69, 9.17) is 4.99 Å². The highest BCUT2D eigenvalue weighted by Gasteiger charge is 2.22. The molecule has 10 nitrogen and oxygen atoms in total. The van der Waals surface area contributed by atoms with Crippen LogP contribution < -0.4 is 0 Å². The largest absolute Gasteiger partial charge is 0.494 e. The predicted octanol–water partition coefficient (Wildman–Crippen LogP) is 4.13. The number of aromatic amines is 1. The molecule has 2 N–H and O–H groups in total. The maximum Gasteiger partial charge on any atom is 0.270 e. The summed E-state index contributed by atoms with van der Waals surface area (Å²) in [5.74, 6) is -0.181. The van der Waals surface area contributed by atoms with Crippen LogP contribution >= 0.6 is 0 Å². The molecule has 192 valence electrons. The van der Waals surface area contributed by atoms with Crippen LogP contribution in [0.4, 0.5) is 11.4 Å². The van der Waals surface area contributed by atoms with Gasteiger partial charge in [0.1, 0.15) is 0 Å². The highest BCUT2D eigenvalue weighted by atomic mass is 32.2. The van der Waals surface area contributed by atoms with Gasteiger partial charge < -0.3 is 15.0 Å². The van der Waals surface area contributed by atoms with Gasteiger partial charge in [0.25, 0.3) is 5.69 Å². The molecule has 37 heavy (non-hydrogen) atoms. The summed E-state index contributed by atoms with van der Waals surface area (Å²) in [6.07, 6.45) is 0. The summed E-state index contributed by atoms with van der Waals surface area (Å²) in [5, 5.41) is 22.6. The summed E-state index contributed by atoms with van der Waals surface area (Å²) in [4.78, 5) is 20.5. The second kappa shape index (κ2) is 10.5. The van der Waals surface area contributed by atoms with Gasteiger partial charge in [-0.15, -0.1) is 0 Å². The smallest absolute Gasteiger partial charge is 0.270 e. The number of non-ortho nitro benzene ring substituents is 1. The van der Waals surface area contributed by atoms with E-state index < -0.39 is 14.9 Å². The number of benzene rings is 3. The van der Waals surface area contributed by atoms with Crippen LogP contribution in [0.1, 0.15) is 11.1 Å². The number of H-pyrrole nitrogens is 1. The molecule has 0 aliphatic rings. The molecule has 1 heterocycles. The molecule has 0 amide bonds. The molecule has 3 aromatic carbocycles. The Morgan fingerprint density at radius 1 is 1.00 bits per heavy atom.